The molecule has 1 aliphatic heterocycles. The average molecular weight is 236 g/mol. The summed E-state index contributed by atoms with van der Waals surface area (Å²) in [5, 5.41) is 0. The third kappa shape index (κ3) is 2.53. The second-order valence-corrected chi connectivity index (χ2v) is 5.39. The molecule has 0 radical (unpaired) electrons. The van der Waals surface area contributed by atoms with Crippen molar-refractivity contribution in [2.75, 3.05) is 13.1 Å². The van der Waals surface area contributed by atoms with Gasteiger partial charge in [-0.15, -0.1) is 0 Å². The highest BCUT2D eigenvalue weighted by Gasteiger charge is 2.34. The van der Waals surface area contributed by atoms with Crippen LogP contribution in [0.1, 0.15) is 38.9 Å². The predicted molar refractivity (Wildman–Crippen MR) is 69.6 cm³/mol. The molecule has 2 rings (SSSR count). The summed E-state index contributed by atoms with van der Waals surface area (Å²) in [5.41, 5.74) is 7.55. The molecule has 4 nitrogen and oxygen atoms in total. The third-order valence-corrected chi connectivity index (χ3v) is 3.54. The van der Waals surface area contributed by atoms with Gasteiger partial charge in [0, 0.05) is 31.9 Å². The van der Waals surface area contributed by atoms with Gasteiger partial charge < -0.3 is 10.3 Å². The van der Waals surface area contributed by atoms with Crippen LogP contribution in [0.15, 0.2) is 12.5 Å². The topological polar surface area (TPSA) is 47.1 Å². The van der Waals surface area contributed by atoms with Crippen LogP contribution in [0.2, 0.25) is 0 Å². The fourth-order valence-electron chi connectivity index (χ4n) is 2.80. The van der Waals surface area contributed by atoms with Gasteiger partial charge in [-0.2, -0.15) is 0 Å². The normalized spacial score (nSPS) is 25.9. The van der Waals surface area contributed by atoms with Gasteiger partial charge in [0.15, 0.2) is 0 Å². The lowest BCUT2D eigenvalue weighted by Crippen LogP contribution is -2.35. The first-order chi connectivity index (χ1) is 8.13. The number of hydrogen-bond acceptors (Lipinski definition) is 3. The Morgan fingerprint density at radius 1 is 1.53 bits per heavy atom. The van der Waals surface area contributed by atoms with E-state index in [-0.39, 0.29) is 6.04 Å². The molecule has 0 amide bonds. The van der Waals surface area contributed by atoms with Gasteiger partial charge in [-0.1, -0.05) is 13.8 Å². The van der Waals surface area contributed by atoms with Gasteiger partial charge in [0.25, 0.3) is 0 Å². The van der Waals surface area contributed by atoms with Gasteiger partial charge in [0.1, 0.15) is 0 Å². The number of imidazole rings is 1. The van der Waals surface area contributed by atoms with Crippen molar-refractivity contribution >= 4 is 0 Å². The fraction of sp³-hybridized carbons (Fsp3) is 0.769. The minimum atomic E-state index is 0.246. The number of hydrogen-bond donors (Lipinski definition) is 1. The van der Waals surface area contributed by atoms with Crippen LogP contribution >= 0.6 is 0 Å². The van der Waals surface area contributed by atoms with Gasteiger partial charge in [-0.3, -0.25) is 4.90 Å². The standard InChI is InChI=1S/C13H24N4/c1-4-16-9-15-7-12(16)13-11(14)5-6-17(13)8-10(2)3/h7,9-11,13H,4-6,8,14H2,1-3H3. The summed E-state index contributed by atoms with van der Waals surface area (Å²) in [4.78, 5) is 6.78. The molecule has 0 spiro atoms. The van der Waals surface area contributed by atoms with Gasteiger partial charge in [-0.25, -0.2) is 4.98 Å². The number of aromatic nitrogens is 2. The molecule has 2 unspecified atom stereocenters. The Bertz CT molecular complexity index is 358. The summed E-state index contributed by atoms with van der Waals surface area (Å²) in [6.45, 7) is 9.87. The molecule has 0 aromatic carbocycles. The maximum atomic E-state index is 6.28. The second kappa shape index (κ2) is 5.19. The number of rotatable bonds is 4. The van der Waals surface area contributed by atoms with Crippen LogP contribution in [0, 0.1) is 5.92 Å². The van der Waals surface area contributed by atoms with E-state index in [1.807, 2.05) is 12.5 Å². The van der Waals surface area contributed by atoms with E-state index in [0.29, 0.717) is 12.0 Å². The molecule has 0 bridgehead atoms. The van der Waals surface area contributed by atoms with Crippen LogP contribution in [-0.2, 0) is 6.54 Å². The van der Waals surface area contributed by atoms with E-state index in [1.165, 1.54) is 5.69 Å². The van der Waals surface area contributed by atoms with Gasteiger partial charge >= 0.3 is 0 Å². The van der Waals surface area contributed by atoms with Crippen LogP contribution < -0.4 is 5.73 Å². The monoisotopic (exact) mass is 236 g/mol. The summed E-state index contributed by atoms with van der Waals surface area (Å²) in [7, 11) is 0. The van der Waals surface area contributed by atoms with Crippen LogP contribution in [-0.4, -0.2) is 33.6 Å². The van der Waals surface area contributed by atoms with E-state index in [2.05, 4.69) is 35.2 Å². The molecule has 1 fully saturated rings. The Balaban J connectivity index is 2.21. The first-order valence-electron chi connectivity index (χ1n) is 6.63. The highest BCUT2D eigenvalue weighted by atomic mass is 15.2. The average Bonchev–Trinajstić information content (AvgIpc) is 2.84. The number of likely N-dealkylation sites (tertiary alicyclic amines) is 1. The minimum Gasteiger partial charge on any atom is -0.333 e. The number of nitrogens with two attached hydrogens (primary N) is 1. The van der Waals surface area contributed by atoms with Gasteiger partial charge in [0.05, 0.1) is 18.1 Å². The Hall–Kier alpha value is -0.870. The highest BCUT2D eigenvalue weighted by molar-refractivity contribution is 5.11. The van der Waals surface area contributed by atoms with Crippen molar-refractivity contribution in [3.8, 4) is 0 Å². The molecule has 17 heavy (non-hydrogen) atoms. The molecule has 1 saturated heterocycles. The number of aryl methyl sites for hydroxylation is 1. The van der Waals surface area contributed by atoms with Crippen molar-refractivity contribution in [3.05, 3.63) is 18.2 Å². The molecule has 1 aliphatic rings. The molecule has 96 valence electrons. The van der Waals surface area contributed by atoms with E-state index in [0.717, 1.165) is 26.1 Å². The van der Waals surface area contributed by atoms with Crippen molar-refractivity contribution < 1.29 is 0 Å². The first-order valence-corrected chi connectivity index (χ1v) is 6.63. The highest BCUT2D eigenvalue weighted by Crippen LogP contribution is 2.31. The van der Waals surface area contributed by atoms with E-state index >= 15 is 0 Å². The molecule has 2 N–H and O–H groups in total. The predicted octanol–water partition coefficient (Wildman–Crippen LogP) is 1.63. The number of nitrogens with zero attached hydrogens (tertiary/aromatic N) is 3. The molecule has 2 heterocycles. The van der Waals surface area contributed by atoms with E-state index < -0.39 is 0 Å². The van der Waals surface area contributed by atoms with Crippen LogP contribution in [0.25, 0.3) is 0 Å². The maximum Gasteiger partial charge on any atom is 0.0948 e. The molecule has 4 heteroatoms. The molecular weight excluding hydrogens is 212 g/mol. The fourth-order valence-corrected chi connectivity index (χ4v) is 2.80. The van der Waals surface area contributed by atoms with Crippen LogP contribution in [0.4, 0.5) is 0 Å². The lowest BCUT2D eigenvalue weighted by molar-refractivity contribution is 0.213. The first kappa shape index (κ1) is 12.6. The van der Waals surface area contributed by atoms with Gasteiger partial charge in [-0.05, 0) is 19.3 Å². The van der Waals surface area contributed by atoms with Crippen molar-refractivity contribution in [2.45, 2.75) is 45.8 Å². The minimum absolute atomic E-state index is 0.246. The summed E-state index contributed by atoms with van der Waals surface area (Å²) in [6, 6.07) is 0.593. The molecule has 0 aliphatic carbocycles. The lowest BCUT2D eigenvalue weighted by Gasteiger charge is -2.28. The molecular formula is C13H24N4. The molecule has 2 atom stereocenters. The van der Waals surface area contributed by atoms with E-state index in [1.54, 1.807) is 0 Å². The molecule has 0 saturated carbocycles. The Morgan fingerprint density at radius 2 is 2.29 bits per heavy atom. The zero-order valence-electron chi connectivity index (χ0n) is 11.1. The molecule has 1 aromatic heterocycles. The summed E-state index contributed by atoms with van der Waals surface area (Å²) < 4.78 is 2.21. The second-order valence-electron chi connectivity index (χ2n) is 5.39. The summed E-state index contributed by atoms with van der Waals surface area (Å²) in [6.07, 6.45) is 4.98. The largest absolute Gasteiger partial charge is 0.333 e. The molecule has 1 aromatic rings. The lowest BCUT2D eigenvalue weighted by atomic mass is 10.1. The van der Waals surface area contributed by atoms with E-state index in [4.69, 9.17) is 5.73 Å². The Kier molecular flexibility index (Phi) is 3.84. The van der Waals surface area contributed by atoms with Crippen LogP contribution in [0.3, 0.4) is 0 Å². The van der Waals surface area contributed by atoms with Crippen molar-refractivity contribution in [1.82, 2.24) is 14.5 Å². The Labute approximate surface area is 104 Å². The SMILES string of the molecule is CCn1cncc1C1C(N)CCN1CC(C)C. The maximum absolute atomic E-state index is 6.28. The zero-order valence-corrected chi connectivity index (χ0v) is 11.1. The third-order valence-electron chi connectivity index (χ3n) is 3.54. The van der Waals surface area contributed by atoms with Crippen molar-refractivity contribution in [2.24, 2.45) is 11.7 Å². The quantitative estimate of drug-likeness (QED) is 0.864. The van der Waals surface area contributed by atoms with Gasteiger partial charge in [0.2, 0.25) is 0 Å². The van der Waals surface area contributed by atoms with Crippen LogP contribution in [0.5, 0.6) is 0 Å². The van der Waals surface area contributed by atoms with E-state index in [9.17, 15) is 0 Å². The zero-order chi connectivity index (χ0) is 12.4. The Morgan fingerprint density at radius 3 is 2.94 bits per heavy atom. The summed E-state index contributed by atoms with van der Waals surface area (Å²) in [5.74, 6) is 0.681. The van der Waals surface area contributed by atoms with Crippen molar-refractivity contribution in [1.29, 1.82) is 0 Å². The summed E-state index contributed by atoms with van der Waals surface area (Å²) >= 11 is 0. The van der Waals surface area contributed by atoms with Crippen molar-refractivity contribution in [3.63, 3.8) is 0 Å². The smallest absolute Gasteiger partial charge is 0.0948 e.